The van der Waals surface area contributed by atoms with E-state index in [1.54, 1.807) is 37.3 Å². The molecule has 2 rings (SSSR count). The zero-order valence-electron chi connectivity index (χ0n) is 12.4. The topological polar surface area (TPSA) is 91.6 Å². The molecule has 0 radical (unpaired) electrons. The van der Waals surface area contributed by atoms with E-state index in [1.807, 2.05) is 0 Å². The lowest BCUT2D eigenvalue weighted by atomic mass is 10.0. The smallest absolute Gasteiger partial charge is 0.251 e. The normalized spacial score (nSPS) is 13.2. The molecule has 2 amide bonds. The van der Waals surface area contributed by atoms with E-state index >= 15 is 0 Å². The van der Waals surface area contributed by atoms with Crippen LogP contribution in [-0.2, 0) is 5.60 Å². The summed E-state index contributed by atoms with van der Waals surface area (Å²) in [5.74, 6) is -0.276. The van der Waals surface area contributed by atoms with Gasteiger partial charge >= 0.3 is 0 Å². The van der Waals surface area contributed by atoms with Crippen molar-refractivity contribution in [2.75, 3.05) is 13.6 Å². The Balaban J connectivity index is 2.05. The Morgan fingerprint density at radius 1 is 1.18 bits per heavy atom. The molecule has 0 saturated heterocycles. The lowest BCUT2D eigenvalue weighted by Gasteiger charge is -2.21. The number of benzene rings is 1. The third kappa shape index (κ3) is 3.53. The minimum absolute atomic E-state index is 0.0104. The number of rotatable bonds is 5. The summed E-state index contributed by atoms with van der Waals surface area (Å²) < 4.78 is 5.15. The highest BCUT2D eigenvalue weighted by molar-refractivity contribution is 5.99. The van der Waals surface area contributed by atoms with Crippen molar-refractivity contribution >= 4 is 11.8 Å². The first-order chi connectivity index (χ1) is 10.4. The van der Waals surface area contributed by atoms with Crippen LogP contribution in [0.25, 0.3) is 0 Å². The van der Waals surface area contributed by atoms with Crippen molar-refractivity contribution < 1.29 is 19.1 Å². The van der Waals surface area contributed by atoms with Gasteiger partial charge in [-0.05, 0) is 37.3 Å². The zero-order valence-corrected chi connectivity index (χ0v) is 12.4. The highest BCUT2D eigenvalue weighted by atomic mass is 16.4. The highest BCUT2D eigenvalue weighted by Gasteiger charge is 2.27. The number of hydrogen-bond donors (Lipinski definition) is 3. The fraction of sp³-hybridized carbons (Fsp3) is 0.250. The van der Waals surface area contributed by atoms with Crippen LogP contribution in [0, 0.1) is 0 Å². The Morgan fingerprint density at radius 3 is 2.45 bits per heavy atom. The van der Waals surface area contributed by atoms with Crippen LogP contribution in [0.4, 0.5) is 0 Å². The maximum Gasteiger partial charge on any atom is 0.251 e. The molecule has 0 saturated carbocycles. The van der Waals surface area contributed by atoms with Crippen LogP contribution >= 0.6 is 0 Å². The Hall–Kier alpha value is -2.60. The van der Waals surface area contributed by atoms with Gasteiger partial charge in [-0.25, -0.2) is 0 Å². The minimum Gasteiger partial charge on any atom is -0.466 e. The van der Waals surface area contributed by atoms with Crippen LogP contribution in [0.2, 0.25) is 0 Å². The maximum atomic E-state index is 12.1. The van der Waals surface area contributed by atoms with Gasteiger partial charge in [-0.2, -0.15) is 0 Å². The van der Waals surface area contributed by atoms with Gasteiger partial charge in [0.25, 0.3) is 11.8 Å². The summed E-state index contributed by atoms with van der Waals surface area (Å²) in [7, 11) is 1.52. The molecule has 0 bridgehead atoms. The van der Waals surface area contributed by atoms with Crippen LogP contribution < -0.4 is 10.6 Å². The van der Waals surface area contributed by atoms with E-state index in [2.05, 4.69) is 10.6 Å². The predicted molar refractivity (Wildman–Crippen MR) is 80.4 cm³/mol. The molecule has 1 aromatic heterocycles. The summed E-state index contributed by atoms with van der Waals surface area (Å²) in [4.78, 5) is 23.7. The SMILES string of the molecule is CNC(=O)c1cccc(C(=O)NCC(C)(O)c2ccco2)c1. The molecule has 1 heterocycles. The number of carbonyl (C=O) groups excluding carboxylic acids is 2. The fourth-order valence-electron chi connectivity index (χ4n) is 1.97. The number of carbonyl (C=O) groups is 2. The van der Waals surface area contributed by atoms with E-state index in [0.717, 1.165) is 0 Å². The van der Waals surface area contributed by atoms with E-state index < -0.39 is 5.60 Å². The van der Waals surface area contributed by atoms with Gasteiger partial charge in [-0.15, -0.1) is 0 Å². The molecule has 0 fully saturated rings. The van der Waals surface area contributed by atoms with Gasteiger partial charge in [0.1, 0.15) is 11.4 Å². The van der Waals surface area contributed by atoms with Gasteiger partial charge < -0.3 is 20.2 Å². The number of aliphatic hydroxyl groups is 1. The summed E-state index contributed by atoms with van der Waals surface area (Å²) in [5.41, 5.74) is -0.568. The molecule has 1 aromatic carbocycles. The Bertz CT molecular complexity index is 663. The highest BCUT2D eigenvalue weighted by Crippen LogP contribution is 2.20. The number of amides is 2. The van der Waals surface area contributed by atoms with Crippen LogP contribution in [0.5, 0.6) is 0 Å². The van der Waals surface area contributed by atoms with E-state index in [1.165, 1.54) is 19.4 Å². The van der Waals surface area contributed by atoms with E-state index in [-0.39, 0.29) is 18.4 Å². The molecule has 0 aliphatic carbocycles. The summed E-state index contributed by atoms with van der Waals surface area (Å²) in [6, 6.07) is 9.65. The van der Waals surface area contributed by atoms with Crippen molar-refractivity contribution in [1.29, 1.82) is 0 Å². The van der Waals surface area contributed by atoms with Crippen LogP contribution in [-0.4, -0.2) is 30.5 Å². The van der Waals surface area contributed by atoms with Gasteiger partial charge in [0.15, 0.2) is 0 Å². The van der Waals surface area contributed by atoms with Crippen molar-refractivity contribution in [3.05, 3.63) is 59.5 Å². The molecule has 116 valence electrons. The first-order valence-electron chi connectivity index (χ1n) is 6.81. The largest absolute Gasteiger partial charge is 0.466 e. The third-order valence-electron chi connectivity index (χ3n) is 3.26. The molecular weight excluding hydrogens is 284 g/mol. The van der Waals surface area contributed by atoms with Gasteiger partial charge in [-0.1, -0.05) is 6.07 Å². The third-order valence-corrected chi connectivity index (χ3v) is 3.26. The van der Waals surface area contributed by atoms with E-state index in [0.29, 0.717) is 16.9 Å². The van der Waals surface area contributed by atoms with Crippen molar-refractivity contribution in [2.45, 2.75) is 12.5 Å². The minimum atomic E-state index is -1.31. The summed E-state index contributed by atoms with van der Waals surface area (Å²) in [6.07, 6.45) is 1.46. The number of furan rings is 1. The molecule has 6 nitrogen and oxygen atoms in total. The Morgan fingerprint density at radius 2 is 1.86 bits per heavy atom. The molecular formula is C16H18N2O4. The number of hydrogen-bond acceptors (Lipinski definition) is 4. The molecule has 0 aliphatic heterocycles. The van der Waals surface area contributed by atoms with E-state index in [9.17, 15) is 14.7 Å². The van der Waals surface area contributed by atoms with Crippen molar-refractivity contribution in [3.8, 4) is 0 Å². The van der Waals surface area contributed by atoms with E-state index in [4.69, 9.17) is 4.42 Å². The average Bonchev–Trinajstić information content (AvgIpc) is 3.07. The van der Waals surface area contributed by atoms with Gasteiger partial charge in [-0.3, -0.25) is 9.59 Å². The second-order valence-corrected chi connectivity index (χ2v) is 5.09. The van der Waals surface area contributed by atoms with Gasteiger partial charge in [0.05, 0.1) is 12.8 Å². The fourth-order valence-corrected chi connectivity index (χ4v) is 1.97. The lowest BCUT2D eigenvalue weighted by molar-refractivity contribution is 0.0330. The maximum absolute atomic E-state index is 12.1. The molecule has 0 spiro atoms. The first-order valence-corrected chi connectivity index (χ1v) is 6.81. The Labute approximate surface area is 128 Å². The van der Waals surface area contributed by atoms with Gasteiger partial charge in [0.2, 0.25) is 0 Å². The Kier molecular flexibility index (Phi) is 4.62. The molecule has 1 unspecified atom stereocenters. The molecule has 2 aromatic rings. The lowest BCUT2D eigenvalue weighted by Crippen LogP contribution is -2.38. The second-order valence-electron chi connectivity index (χ2n) is 5.09. The van der Waals surface area contributed by atoms with Crippen molar-refractivity contribution in [2.24, 2.45) is 0 Å². The van der Waals surface area contributed by atoms with Crippen LogP contribution in [0.15, 0.2) is 47.1 Å². The molecule has 3 N–H and O–H groups in total. The zero-order chi connectivity index (χ0) is 16.2. The standard InChI is InChI=1S/C16H18N2O4/c1-16(21,13-7-4-8-22-13)10-18-15(20)12-6-3-5-11(9-12)14(19)17-2/h3-9,21H,10H2,1-2H3,(H,17,19)(H,18,20). The van der Waals surface area contributed by atoms with Crippen LogP contribution in [0.3, 0.4) is 0 Å². The molecule has 6 heteroatoms. The second kappa shape index (κ2) is 6.44. The quantitative estimate of drug-likeness (QED) is 0.776. The summed E-state index contributed by atoms with van der Waals surface area (Å²) >= 11 is 0. The monoisotopic (exact) mass is 302 g/mol. The van der Waals surface area contributed by atoms with Crippen molar-refractivity contribution in [1.82, 2.24) is 10.6 Å². The van der Waals surface area contributed by atoms with Crippen molar-refractivity contribution in [3.63, 3.8) is 0 Å². The van der Waals surface area contributed by atoms with Gasteiger partial charge in [0, 0.05) is 18.2 Å². The molecule has 1 atom stereocenters. The van der Waals surface area contributed by atoms with Crippen LogP contribution in [0.1, 0.15) is 33.4 Å². The molecule has 0 aliphatic rings. The summed E-state index contributed by atoms with van der Waals surface area (Å²) in [6.45, 7) is 1.54. The molecule has 22 heavy (non-hydrogen) atoms. The average molecular weight is 302 g/mol. The predicted octanol–water partition coefficient (Wildman–Crippen LogP) is 1.28. The number of nitrogens with one attached hydrogen (secondary N) is 2. The summed E-state index contributed by atoms with van der Waals surface area (Å²) in [5, 5.41) is 15.4. The first kappa shape index (κ1) is 15.8.